The molecule has 0 radical (unpaired) electrons. The minimum Gasteiger partial charge on any atom is -0.444 e. The Bertz CT molecular complexity index is 398. The molecule has 5 nitrogen and oxygen atoms in total. The van der Waals surface area contributed by atoms with Gasteiger partial charge >= 0.3 is 6.09 Å². The van der Waals surface area contributed by atoms with Crippen LogP contribution < -0.4 is 0 Å². The number of amides is 1. The van der Waals surface area contributed by atoms with Gasteiger partial charge < -0.3 is 19.8 Å². The number of carbonyl (C=O) groups is 1. The standard InChI is InChI=1S/C17H31NO4/c1-15(2,3)22-14(20)18-11-7-8-16(12-18,13-19)17(21)9-5-4-6-10-17/h19,21H,4-13H2,1-3H3. The van der Waals surface area contributed by atoms with Crippen LogP contribution in [0.3, 0.4) is 0 Å². The molecule has 128 valence electrons. The summed E-state index contributed by atoms with van der Waals surface area (Å²) >= 11 is 0. The summed E-state index contributed by atoms with van der Waals surface area (Å²) in [6.07, 6.45) is 5.77. The molecular formula is C17H31NO4. The van der Waals surface area contributed by atoms with Crippen molar-refractivity contribution in [2.24, 2.45) is 5.41 Å². The lowest BCUT2D eigenvalue weighted by molar-refractivity contribution is -0.154. The van der Waals surface area contributed by atoms with E-state index in [1.165, 1.54) is 0 Å². The number of aliphatic hydroxyl groups excluding tert-OH is 1. The zero-order valence-electron chi connectivity index (χ0n) is 14.2. The first kappa shape index (κ1) is 17.5. The van der Waals surface area contributed by atoms with E-state index in [0.717, 1.165) is 44.9 Å². The minimum absolute atomic E-state index is 0.0806. The monoisotopic (exact) mass is 313 g/mol. The molecule has 1 unspecified atom stereocenters. The average Bonchev–Trinajstić information content (AvgIpc) is 2.46. The van der Waals surface area contributed by atoms with Gasteiger partial charge in [-0.15, -0.1) is 0 Å². The Kier molecular flexibility index (Phi) is 5.07. The minimum atomic E-state index is -0.860. The molecule has 1 atom stereocenters. The smallest absolute Gasteiger partial charge is 0.410 e. The Labute approximate surface area is 133 Å². The van der Waals surface area contributed by atoms with E-state index in [1.807, 2.05) is 20.8 Å². The third-order valence-electron chi connectivity index (χ3n) is 5.20. The summed E-state index contributed by atoms with van der Waals surface area (Å²) in [5.41, 5.74) is -2.00. The number of nitrogens with zero attached hydrogens (tertiary/aromatic N) is 1. The number of likely N-dealkylation sites (tertiary alicyclic amines) is 1. The molecule has 2 fully saturated rings. The van der Waals surface area contributed by atoms with Crippen LogP contribution in [0, 0.1) is 5.41 Å². The van der Waals surface area contributed by atoms with Gasteiger partial charge in [0, 0.05) is 18.5 Å². The predicted octanol–water partition coefficient (Wildman–Crippen LogP) is 2.69. The third kappa shape index (κ3) is 3.57. The first-order chi connectivity index (χ1) is 10.2. The van der Waals surface area contributed by atoms with Gasteiger partial charge in [0.2, 0.25) is 0 Å². The summed E-state index contributed by atoms with van der Waals surface area (Å²) < 4.78 is 5.46. The topological polar surface area (TPSA) is 70.0 Å². The normalized spacial score (nSPS) is 29.2. The molecule has 0 aromatic heterocycles. The van der Waals surface area contributed by atoms with E-state index in [1.54, 1.807) is 4.90 Å². The van der Waals surface area contributed by atoms with Crippen molar-refractivity contribution in [1.82, 2.24) is 4.90 Å². The van der Waals surface area contributed by atoms with Crippen LogP contribution in [0.2, 0.25) is 0 Å². The number of rotatable bonds is 2. The highest BCUT2D eigenvalue weighted by atomic mass is 16.6. The average molecular weight is 313 g/mol. The highest BCUT2D eigenvalue weighted by molar-refractivity contribution is 5.68. The molecular weight excluding hydrogens is 282 g/mol. The van der Waals surface area contributed by atoms with E-state index in [-0.39, 0.29) is 12.7 Å². The first-order valence-electron chi connectivity index (χ1n) is 8.53. The van der Waals surface area contributed by atoms with Crippen LogP contribution in [0.4, 0.5) is 4.79 Å². The van der Waals surface area contributed by atoms with Gasteiger partial charge in [-0.3, -0.25) is 0 Å². The molecule has 1 aliphatic heterocycles. The van der Waals surface area contributed by atoms with Crippen LogP contribution in [-0.4, -0.2) is 52.1 Å². The highest BCUT2D eigenvalue weighted by Crippen LogP contribution is 2.47. The number of ether oxygens (including phenoxy) is 1. The van der Waals surface area contributed by atoms with Crippen molar-refractivity contribution < 1.29 is 19.7 Å². The SMILES string of the molecule is CC(C)(C)OC(=O)N1CCCC(CO)(C2(O)CCCCC2)C1. The zero-order chi connectivity index (χ0) is 16.4. The fourth-order valence-electron chi connectivity index (χ4n) is 3.94. The van der Waals surface area contributed by atoms with Crippen molar-refractivity contribution in [1.29, 1.82) is 0 Å². The number of hydrogen-bond donors (Lipinski definition) is 2. The van der Waals surface area contributed by atoms with Crippen molar-refractivity contribution in [2.45, 2.75) is 76.9 Å². The second-order valence-electron chi connectivity index (χ2n) is 8.04. The molecule has 2 aliphatic rings. The fraction of sp³-hybridized carbons (Fsp3) is 0.941. The van der Waals surface area contributed by atoms with Crippen molar-refractivity contribution in [3.63, 3.8) is 0 Å². The lowest BCUT2D eigenvalue weighted by Gasteiger charge is -2.52. The van der Waals surface area contributed by atoms with E-state index < -0.39 is 16.6 Å². The maximum Gasteiger partial charge on any atom is 0.410 e. The van der Waals surface area contributed by atoms with Gasteiger partial charge in [-0.2, -0.15) is 0 Å². The molecule has 1 amide bonds. The van der Waals surface area contributed by atoms with Crippen molar-refractivity contribution in [2.75, 3.05) is 19.7 Å². The number of carbonyl (C=O) groups excluding carboxylic acids is 1. The molecule has 1 saturated heterocycles. The van der Waals surface area contributed by atoms with Crippen molar-refractivity contribution in [3.05, 3.63) is 0 Å². The van der Waals surface area contributed by atoms with E-state index >= 15 is 0 Å². The molecule has 0 aromatic rings. The summed E-state index contributed by atoms with van der Waals surface area (Å²) in [5.74, 6) is 0. The molecule has 5 heteroatoms. The summed E-state index contributed by atoms with van der Waals surface area (Å²) in [6.45, 7) is 6.49. The molecule has 22 heavy (non-hydrogen) atoms. The molecule has 0 bridgehead atoms. The van der Waals surface area contributed by atoms with Crippen LogP contribution in [0.25, 0.3) is 0 Å². The molecule has 2 N–H and O–H groups in total. The Morgan fingerprint density at radius 2 is 1.77 bits per heavy atom. The van der Waals surface area contributed by atoms with Gasteiger partial charge in [0.15, 0.2) is 0 Å². The number of hydrogen-bond acceptors (Lipinski definition) is 4. The largest absolute Gasteiger partial charge is 0.444 e. The number of piperidine rings is 1. The fourth-order valence-corrected chi connectivity index (χ4v) is 3.94. The summed E-state index contributed by atoms with van der Waals surface area (Å²) in [7, 11) is 0. The van der Waals surface area contributed by atoms with Gasteiger partial charge in [0.05, 0.1) is 12.2 Å². The molecule has 2 rings (SSSR count). The molecule has 1 heterocycles. The van der Waals surface area contributed by atoms with Crippen LogP contribution in [0.1, 0.15) is 65.7 Å². The molecule has 0 aromatic carbocycles. The second kappa shape index (κ2) is 6.36. The summed E-state index contributed by atoms with van der Waals surface area (Å²) in [6, 6.07) is 0. The van der Waals surface area contributed by atoms with Crippen LogP contribution >= 0.6 is 0 Å². The van der Waals surface area contributed by atoms with Gasteiger partial charge in [-0.1, -0.05) is 19.3 Å². The van der Waals surface area contributed by atoms with Crippen molar-refractivity contribution >= 4 is 6.09 Å². The second-order valence-corrected chi connectivity index (χ2v) is 8.04. The van der Waals surface area contributed by atoms with Gasteiger partial charge in [-0.05, 0) is 46.5 Å². The van der Waals surface area contributed by atoms with Crippen molar-refractivity contribution in [3.8, 4) is 0 Å². The highest BCUT2D eigenvalue weighted by Gasteiger charge is 2.52. The first-order valence-corrected chi connectivity index (χ1v) is 8.53. The van der Waals surface area contributed by atoms with Gasteiger partial charge in [-0.25, -0.2) is 4.79 Å². The lowest BCUT2D eigenvalue weighted by Crippen LogP contribution is -2.60. The van der Waals surface area contributed by atoms with E-state index in [4.69, 9.17) is 4.74 Å². The van der Waals surface area contributed by atoms with Gasteiger partial charge in [0.25, 0.3) is 0 Å². The van der Waals surface area contributed by atoms with Gasteiger partial charge in [0.1, 0.15) is 5.60 Å². The number of aliphatic hydroxyl groups is 2. The van der Waals surface area contributed by atoms with Crippen LogP contribution in [0.15, 0.2) is 0 Å². The molecule has 0 spiro atoms. The lowest BCUT2D eigenvalue weighted by atomic mass is 9.62. The Hall–Kier alpha value is -0.810. The van der Waals surface area contributed by atoms with E-state index in [9.17, 15) is 15.0 Å². The summed E-state index contributed by atoms with van der Waals surface area (Å²) in [5, 5.41) is 21.2. The Morgan fingerprint density at radius 1 is 1.14 bits per heavy atom. The maximum atomic E-state index is 12.3. The molecule has 1 saturated carbocycles. The molecule has 1 aliphatic carbocycles. The zero-order valence-corrected chi connectivity index (χ0v) is 14.2. The maximum absolute atomic E-state index is 12.3. The van der Waals surface area contributed by atoms with E-state index in [2.05, 4.69) is 0 Å². The Morgan fingerprint density at radius 3 is 2.32 bits per heavy atom. The van der Waals surface area contributed by atoms with Crippen LogP contribution in [0.5, 0.6) is 0 Å². The quantitative estimate of drug-likeness (QED) is 0.822. The Balaban J connectivity index is 2.14. The van der Waals surface area contributed by atoms with E-state index in [0.29, 0.717) is 13.1 Å². The van der Waals surface area contributed by atoms with Crippen LogP contribution in [-0.2, 0) is 4.74 Å². The summed E-state index contributed by atoms with van der Waals surface area (Å²) in [4.78, 5) is 14.0. The predicted molar refractivity (Wildman–Crippen MR) is 84.6 cm³/mol. The third-order valence-corrected chi connectivity index (χ3v) is 5.20.